The summed E-state index contributed by atoms with van der Waals surface area (Å²) in [4.78, 5) is 0. The zero-order valence-electron chi connectivity index (χ0n) is 34.5. The van der Waals surface area contributed by atoms with Gasteiger partial charge in [0.25, 0.3) is 0 Å². The average Bonchev–Trinajstić information content (AvgIpc) is 4.02. The molecule has 2 nitrogen and oxygen atoms in total. The maximum Gasteiger partial charge on any atom is 0.144 e. The summed E-state index contributed by atoms with van der Waals surface area (Å²) in [6, 6.07) is 60.6. The van der Waals surface area contributed by atoms with E-state index in [2.05, 4.69) is 206 Å². The Labute approximate surface area is 365 Å². The zero-order valence-corrected chi connectivity index (χ0v) is 34.5. The van der Waals surface area contributed by atoms with Gasteiger partial charge in [0, 0.05) is 45.5 Å². The Morgan fingerprint density at radius 3 is 1.76 bits per heavy atom. The van der Waals surface area contributed by atoms with Crippen LogP contribution in [-0.2, 0) is 11.8 Å². The fraction of sp³-hybridized carbons (Fsp3) is 0.0820. The number of benzene rings is 8. The van der Waals surface area contributed by atoms with Gasteiger partial charge in [0.1, 0.15) is 22.5 Å². The van der Waals surface area contributed by atoms with Gasteiger partial charge in [0.2, 0.25) is 0 Å². The lowest BCUT2D eigenvalue weighted by molar-refractivity contribution is 0.535. The van der Waals surface area contributed by atoms with Crippen LogP contribution in [0.2, 0.25) is 0 Å². The van der Waals surface area contributed by atoms with Crippen molar-refractivity contribution in [2.75, 3.05) is 0 Å². The molecule has 10 aromatic rings. The van der Waals surface area contributed by atoms with Gasteiger partial charge in [-0.3, -0.25) is 0 Å². The quantitative estimate of drug-likeness (QED) is 0.166. The van der Waals surface area contributed by atoms with Gasteiger partial charge in [-0.15, -0.1) is 0 Å². The van der Waals surface area contributed by atoms with Crippen molar-refractivity contribution in [1.29, 1.82) is 0 Å². The van der Waals surface area contributed by atoms with Crippen LogP contribution in [0.1, 0.15) is 51.5 Å². The molecular formula is C61H40O2. The second-order valence-corrected chi connectivity index (χ2v) is 17.6. The van der Waals surface area contributed by atoms with E-state index in [1.54, 1.807) is 0 Å². The Bertz CT molecular complexity index is 3640. The van der Waals surface area contributed by atoms with Gasteiger partial charge in [-0.2, -0.15) is 0 Å². The molecule has 0 bridgehead atoms. The lowest BCUT2D eigenvalue weighted by Crippen LogP contribution is -2.30. The molecule has 0 radical (unpaired) electrons. The van der Waals surface area contributed by atoms with Crippen molar-refractivity contribution < 1.29 is 8.83 Å². The van der Waals surface area contributed by atoms with Crippen LogP contribution in [0.15, 0.2) is 226 Å². The first kappa shape index (κ1) is 35.0. The van der Waals surface area contributed by atoms with E-state index >= 15 is 0 Å². The maximum absolute atomic E-state index is 7.38. The van der Waals surface area contributed by atoms with Crippen LogP contribution < -0.4 is 0 Å². The molecule has 2 aromatic heterocycles. The number of rotatable bonds is 4. The topological polar surface area (TPSA) is 26.3 Å². The Morgan fingerprint density at radius 2 is 1.06 bits per heavy atom. The highest BCUT2D eigenvalue weighted by molar-refractivity contribution is 6.25. The molecule has 0 saturated heterocycles. The molecule has 2 heterocycles. The summed E-state index contributed by atoms with van der Waals surface area (Å²) >= 11 is 0. The summed E-state index contributed by atoms with van der Waals surface area (Å²) < 4.78 is 14.2. The smallest absolute Gasteiger partial charge is 0.144 e. The SMILES string of the molecule is C1=CC2=CC=CC(c3c4ccccc4c(-c4cc5c(c6oc7ccccc7c46)C4=C(CCc6oc7ccccc7c64)C5(c4ccccc4)c4ccccc4)c4ccccc34)C2C=C1. The maximum atomic E-state index is 7.38. The largest absolute Gasteiger partial charge is 0.460 e. The van der Waals surface area contributed by atoms with E-state index in [1.807, 2.05) is 0 Å². The predicted octanol–water partition coefficient (Wildman–Crippen LogP) is 15.7. The Kier molecular flexibility index (Phi) is 7.31. The number of furan rings is 2. The summed E-state index contributed by atoms with van der Waals surface area (Å²) in [5.74, 6) is 1.50. The van der Waals surface area contributed by atoms with E-state index in [1.165, 1.54) is 82.8 Å². The third-order valence-electron chi connectivity index (χ3n) is 14.7. The number of aryl methyl sites for hydroxylation is 1. The molecule has 0 saturated carbocycles. The second-order valence-electron chi connectivity index (χ2n) is 17.6. The van der Waals surface area contributed by atoms with Crippen molar-refractivity contribution in [1.82, 2.24) is 0 Å². The molecule has 8 aromatic carbocycles. The van der Waals surface area contributed by atoms with Gasteiger partial charge in [-0.1, -0.05) is 188 Å². The summed E-state index contributed by atoms with van der Waals surface area (Å²) in [5.41, 5.74) is 16.1. The van der Waals surface area contributed by atoms with E-state index in [0.717, 1.165) is 51.5 Å². The van der Waals surface area contributed by atoms with Crippen molar-refractivity contribution in [3.8, 4) is 11.1 Å². The first-order valence-corrected chi connectivity index (χ1v) is 22.3. The Morgan fingerprint density at radius 1 is 0.476 bits per heavy atom. The molecule has 2 unspecified atom stereocenters. The molecule has 296 valence electrons. The summed E-state index contributed by atoms with van der Waals surface area (Å²) in [6.07, 6.45) is 17.7. The van der Waals surface area contributed by atoms with Crippen LogP contribution in [0, 0.1) is 5.92 Å². The minimum absolute atomic E-state index is 0.184. The van der Waals surface area contributed by atoms with E-state index in [9.17, 15) is 0 Å². The van der Waals surface area contributed by atoms with Crippen LogP contribution in [0.4, 0.5) is 0 Å². The number of fused-ring (bicyclic) bond motifs is 13. The molecule has 0 fully saturated rings. The molecule has 63 heavy (non-hydrogen) atoms. The van der Waals surface area contributed by atoms with Crippen molar-refractivity contribution in [3.63, 3.8) is 0 Å². The third-order valence-corrected chi connectivity index (χ3v) is 14.7. The summed E-state index contributed by atoms with van der Waals surface area (Å²) in [6.45, 7) is 0. The van der Waals surface area contributed by atoms with E-state index in [0.29, 0.717) is 0 Å². The van der Waals surface area contributed by atoms with E-state index in [4.69, 9.17) is 8.83 Å². The fourth-order valence-electron chi connectivity index (χ4n) is 12.3. The van der Waals surface area contributed by atoms with Gasteiger partial charge in [0.15, 0.2) is 0 Å². The molecule has 0 amide bonds. The first-order valence-electron chi connectivity index (χ1n) is 22.3. The monoisotopic (exact) mass is 804 g/mol. The highest BCUT2D eigenvalue weighted by atomic mass is 16.3. The molecule has 2 heteroatoms. The minimum atomic E-state index is -0.604. The van der Waals surface area contributed by atoms with Crippen LogP contribution in [0.3, 0.4) is 0 Å². The molecule has 14 rings (SSSR count). The predicted molar refractivity (Wildman–Crippen MR) is 259 cm³/mol. The Hall–Kier alpha value is -7.68. The zero-order chi connectivity index (χ0) is 41.2. The highest BCUT2D eigenvalue weighted by Crippen LogP contribution is 2.63. The molecule has 4 aliphatic rings. The van der Waals surface area contributed by atoms with Crippen molar-refractivity contribution in [2.45, 2.75) is 24.2 Å². The highest BCUT2D eigenvalue weighted by Gasteiger charge is 2.52. The number of hydrogen-bond acceptors (Lipinski definition) is 2. The van der Waals surface area contributed by atoms with Crippen LogP contribution >= 0.6 is 0 Å². The number of allylic oxidation sites excluding steroid dienone is 9. The molecule has 2 atom stereocenters. The van der Waals surface area contributed by atoms with Crippen LogP contribution in [0.5, 0.6) is 0 Å². The first-order chi connectivity index (χ1) is 31.3. The lowest BCUT2D eigenvalue weighted by atomic mass is 9.64. The normalized spacial score (nSPS) is 18.3. The van der Waals surface area contributed by atoms with Gasteiger partial charge >= 0.3 is 0 Å². The standard InChI is InChI=1S/C61H40O2/c1-3-20-38(21-4-1)61(39-22-5-2-6-23-39)49-34-35-53-57(47-30-14-15-32-51(47)62-53)58(49)59-50(61)36-48(56-46-29-13-16-33-52(46)63-60(56)59)55-44-27-11-9-25-42(44)54(43-26-10-12-28-45(43)55)41-31-17-19-37-18-7-8-24-40(37)41/h1-33,36,40-41H,34-35H2. The number of hydrogen-bond donors (Lipinski definition) is 0. The van der Waals surface area contributed by atoms with Gasteiger partial charge in [-0.05, 0) is 96.3 Å². The molecular weight excluding hydrogens is 765 g/mol. The van der Waals surface area contributed by atoms with Crippen molar-refractivity contribution in [2.24, 2.45) is 5.92 Å². The van der Waals surface area contributed by atoms with Crippen molar-refractivity contribution in [3.05, 3.63) is 257 Å². The van der Waals surface area contributed by atoms with Crippen molar-refractivity contribution >= 4 is 60.0 Å². The van der Waals surface area contributed by atoms with E-state index in [-0.39, 0.29) is 11.8 Å². The average molecular weight is 805 g/mol. The Balaban J connectivity index is 1.18. The molecule has 4 aliphatic carbocycles. The second kappa shape index (κ2) is 13.2. The van der Waals surface area contributed by atoms with Gasteiger partial charge in [0.05, 0.1) is 5.41 Å². The third kappa shape index (κ3) is 4.68. The van der Waals surface area contributed by atoms with Gasteiger partial charge in [-0.25, -0.2) is 0 Å². The number of para-hydroxylation sites is 2. The van der Waals surface area contributed by atoms with Crippen LogP contribution in [0.25, 0.3) is 71.2 Å². The minimum Gasteiger partial charge on any atom is -0.460 e. The summed E-state index contributed by atoms with van der Waals surface area (Å²) in [5, 5.41) is 8.51. The molecule has 0 aliphatic heterocycles. The van der Waals surface area contributed by atoms with Gasteiger partial charge < -0.3 is 8.83 Å². The van der Waals surface area contributed by atoms with E-state index < -0.39 is 5.41 Å². The molecule has 0 spiro atoms. The summed E-state index contributed by atoms with van der Waals surface area (Å²) in [7, 11) is 0. The fourth-order valence-corrected chi connectivity index (χ4v) is 12.3. The van der Waals surface area contributed by atoms with Crippen LogP contribution in [-0.4, -0.2) is 0 Å². The molecule has 0 N–H and O–H groups in total. The lowest BCUT2D eigenvalue weighted by Gasteiger charge is -2.37.